The Morgan fingerprint density at radius 1 is 1.61 bits per heavy atom. The SMILES string of the molecule is CCCCC(NC(=O)c1cnn(C)c1N)C(=O)O. The Labute approximate surface area is 105 Å². The van der Waals surface area contributed by atoms with E-state index in [0.717, 1.165) is 12.8 Å². The monoisotopic (exact) mass is 254 g/mol. The van der Waals surface area contributed by atoms with Gasteiger partial charge in [-0.3, -0.25) is 9.48 Å². The van der Waals surface area contributed by atoms with E-state index in [0.29, 0.717) is 6.42 Å². The smallest absolute Gasteiger partial charge is 0.326 e. The maximum Gasteiger partial charge on any atom is 0.326 e. The first-order valence-corrected chi connectivity index (χ1v) is 5.78. The van der Waals surface area contributed by atoms with E-state index in [2.05, 4.69) is 10.4 Å². The van der Waals surface area contributed by atoms with Gasteiger partial charge in [-0.2, -0.15) is 5.10 Å². The summed E-state index contributed by atoms with van der Waals surface area (Å²) in [6, 6.07) is -0.892. The number of aromatic nitrogens is 2. The zero-order valence-electron chi connectivity index (χ0n) is 10.5. The summed E-state index contributed by atoms with van der Waals surface area (Å²) in [5.74, 6) is -1.34. The Hall–Kier alpha value is -2.05. The molecule has 0 aliphatic carbocycles. The van der Waals surface area contributed by atoms with Gasteiger partial charge >= 0.3 is 5.97 Å². The second-order valence-electron chi connectivity index (χ2n) is 4.07. The van der Waals surface area contributed by atoms with Crippen molar-refractivity contribution < 1.29 is 14.7 Å². The molecule has 0 spiro atoms. The molecule has 0 radical (unpaired) electrons. The van der Waals surface area contributed by atoms with Crippen LogP contribution in [0.15, 0.2) is 6.20 Å². The number of nitrogens with zero attached hydrogens (tertiary/aromatic N) is 2. The van der Waals surface area contributed by atoms with Gasteiger partial charge in [-0.1, -0.05) is 19.8 Å². The summed E-state index contributed by atoms with van der Waals surface area (Å²) in [6.45, 7) is 1.96. The molecule has 18 heavy (non-hydrogen) atoms. The number of hydrogen-bond donors (Lipinski definition) is 3. The molecule has 1 rings (SSSR count). The van der Waals surface area contributed by atoms with Crippen molar-refractivity contribution in [2.75, 3.05) is 5.73 Å². The van der Waals surface area contributed by atoms with Crippen LogP contribution in [0.4, 0.5) is 5.82 Å². The van der Waals surface area contributed by atoms with Gasteiger partial charge in [0, 0.05) is 7.05 Å². The third-order valence-corrected chi connectivity index (χ3v) is 2.68. The van der Waals surface area contributed by atoms with Crippen molar-refractivity contribution in [1.29, 1.82) is 0 Å². The summed E-state index contributed by atoms with van der Waals surface area (Å²) in [5.41, 5.74) is 5.84. The normalized spacial score (nSPS) is 12.1. The van der Waals surface area contributed by atoms with E-state index in [1.165, 1.54) is 10.9 Å². The minimum atomic E-state index is -1.04. The second-order valence-corrected chi connectivity index (χ2v) is 4.07. The van der Waals surface area contributed by atoms with E-state index < -0.39 is 17.9 Å². The van der Waals surface area contributed by atoms with Crippen molar-refractivity contribution >= 4 is 17.7 Å². The first kappa shape index (κ1) is 14.0. The van der Waals surface area contributed by atoms with Crippen LogP contribution in [-0.4, -0.2) is 32.8 Å². The van der Waals surface area contributed by atoms with Gasteiger partial charge in [0.2, 0.25) is 0 Å². The molecule has 0 saturated heterocycles. The van der Waals surface area contributed by atoms with Crippen LogP contribution in [-0.2, 0) is 11.8 Å². The van der Waals surface area contributed by atoms with Gasteiger partial charge in [0.25, 0.3) is 5.91 Å². The zero-order valence-corrected chi connectivity index (χ0v) is 10.5. The van der Waals surface area contributed by atoms with Crippen LogP contribution in [0.25, 0.3) is 0 Å². The molecular weight excluding hydrogens is 236 g/mol. The van der Waals surface area contributed by atoms with Gasteiger partial charge in [0.1, 0.15) is 17.4 Å². The summed E-state index contributed by atoms with van der Waals surface area (Å²) in [7, 11) is 1.61. The minimum absolute atomic E-state index is 0.195. The molecule has 0 bridgehead atoms. The number of nitrogens with one attached hydrogen (secondary N) is 1. The molecule has 7 nitrogen and oxygen atoms in total. The third-order valence-electron chi connectivity index (χ3n) is 2.68. The quantitative estimate of drug-likeness (QED) is 0.679. The minimum Gasteiger partial charge on any atom is -0.480 e. The summed E-state index contributed by atoms with van der Waals surface area (Å²) in [5, 5.41) is 15.3. The van der Waals surface area contributed by atoms with Crippen LogP contribution in [0, 0.1) is 0 Å². The zero-order chi connectivity index (χ0) is 13.7. The fourth-order valence-corrected chi connectivity index (χ4v) is 1.52. The van der Waals surface area contributed by atoms with E-state index in [-0.39, 0.29) is 11.4 Å². The highest BCUT2D eigenvalue weighted by molar-refractivity contribution is 6.00. The summed E-state index contributed by atoms with van der Waals surface area (Å²) in [6.07, 6.45) is 3.33. The molecule has 100 valence electrons. The molecule has 4 N–H and O–H groups in total. The predicted octanol–water partition coefficient (Wildman–Crippen LogP) is 0.375. The Balaban J connectivity index is 2.72. The van der Waals surface area contributed by atoms with Crippen LogP contribution in [0.3, 0.4) is 0 Å². The molecule has 1 atom stereocenters. The van der Waals surface area contributed by atoms with Crippen molar-refractivity contribution in [2.24, 2.45) is 7.05 Å². The fourth-order valence-electron chi connectivity index (χ4n) is 1.52. The molecule has 0 aromatic carbocycles. The number of unbranched alkanes of at least 4 members (excludes halogenated alkanes) is 1. The van der Waals surface area contributed by atoms with Crippen molar-refractivity contribution in [3.8, 4) is 0 Å². The highest BCUT2D eigenvalue weighted by Crippen LogP contribution is 2.10. The summed E-state index contributed by atoms with van der Waals surface area (Å²) < 4.78 is 1.36. The largest absolute Gasteiger partial charge is 0.480 e. The van der Waals surface area contributed by atoms with E-state index in [9.17, 15) is 9.59 Å². The Morgan fingerprint density at radius 2 is 2.28 bits per heavy atom. The number of amides is 1. The predicted molar refractivity (Wildman–Crippen MR) is 66.0 cm³/mol. The molecule has 0 aliphatic heterocycles. The van der Waals surface area contributed by atoms with Crippen molar-refractivity contribution in [3.63, 3.8) is 0 Å². The van der Waals surface area contributed by atoms with E-state index >= 15 is 0 Å². The van der Waals surface area contributed by atoms with E-state index in [1.54, 1.807) is 7.05 Å². The van der Waals surface area contributed by atoms with Crippen LogP contribution in [0.5, 0.6) is 0 Å². The van der Waals surface area contributed by atoms with Crippen molar-refractivity contribution in [1.82, 2.24) is 15.1 Å². The molecule has 1 unspecified atom stereocenters. The van der Waals surface area contributed by atoms with Crippen LogP contribution in [0.2, 0.25) is 0 Å². The third kappa shape index (κ3) is 3.22. The number of carboxylic acid groups (broad SMARTS) is 1. The molecule has 0 saturated carbocycles. The number of carbonyl (C=O) groups is 2. The Morgan fingerprint density at radius 3 is 2.72 bits per heavy atom. The highest BCUT2D eigenvalue weighted by Gasteiger charge is 2.22. The first-order valence-electron chi connectivity index (χ1n) is 5.78. The number of nitrogens with two attached hydrogens (primary N) is 1. The molecule has 1 heterocycles. The maximum atomic E-state index is 11.8. The van der Waals surface area contributed by atoms with Crippen molar-refractivity contribution in [2.45, 2.75) is 32.2 Å². The van der Waals surface area contributed by atoms with Crippen molar-refractivity contribution in [3.05, 3.63) is 11.8 Å². The first-order chi connectivity index (χ1) is 8.47. The van der Waals surface area contributed by atoms with Gasteiger partial charge < -0.3 is 16.2 Å². The van der Waals surface area contributed by atoms with E-state index in [4.69, 9.17) is 10.8 Å². The number of aliphatic carboxylic acids is 1. The lowest BCUT2D eigenvalue weighted by Crippen LogP contribution is -2.40. The van der Waals surface area contributed by atoms with Gasteiger partial charge in [-0.25, -0.2) is 4.79 Å². The molecule has 1 aromatic heterocycles. The number of nitrogen functional groups attached to an aromatic ring is 1. The summed E-state index contributed by atoms with van der Waals surface area (Å²) in [4.78, 5) is 22.8. The van der Waals surface area contributed by atoms with Gasteiger partial charge in [0.05, 0.1) is 6.20 Å². The highest BCUT2D eigenvalue weighted by atomic mass is 16.4. The van der Waals surface area contributed by atoms with Gasteiger partial charge in [-0.15, -0.1) is 0 Å². The molecule has 0 aliphatic rings. The standard InChI is InChI=1S/C11H18N4O3/c1-3-4-5-8(11(17)18)14-10(16)7-6-13-15(2)9(7)12/h6,8H,3-5,12H2,1-2H3,(H,14,16)(H,17,18). The lowest BCUT2D eigenvalue weighted by Gasteiger charge is -2.13. The molecule has 1 amide bonds. The van der Waals surface area contributed by atoms with Gasteiger partial charge in [0.15, 0.2) is 0 Å². The Bertz CT molecular complexity index is 441. The second kappa shape index (κ2) is 6.04. The van der Waals surface area contributed by atoms with Crippen LogP contribution in [0.1, 0.15) is 36.5 Å². The summed E-state index contributed by atoms with van der Waals surface area (Å²) >= 11 is 0. The van der Waals surface area contributed by atoms with Crippen LogP contribution >= 0.6 is 0 Å². The molecule has 0 fully saturated rings. The lowest BCUT2D eigenvalue weighted by atomic mass is 10.1. The molecular formula is C11H18N4O3. The topological polar surface area (TPSA) is 110 Å². The average Bonchev–Trinajstić information content (AvgIpc) is 2.65. The lowest BCUT2D eigenvalue weighted by molar-refractivity contribution is -0.139. The number of rotatable bonds is 6. The Kier molecular flexibility index (Phi) is 4.70. The number of anilines is 1. The maximum absolute atomic E-state index is 11.8. The van der Waals surface area contributed by atoms with Gasteiger partial charge in [-0.05, 0) is 6.42 Å². The number of hydrogen-bond acceptors (Lipinski definition) is 4. The number of carboxylic acids is 1. The number of aryl methyl sites for hydroxylation is 1. The van der Waals surface area contributed by atoms with E-state index in [1.807, 2.05) is 6.92 Å². The average molecular weight is 254 g/mol. The fraction of sp³-hybridized carbons (Fsp3) is 0.545. The van der Waals surface area contributed by atoms with Crippen LogP contribution < -0.4 is 11.1 Å². The molecule has 7 heteroatoms. The molecule has 1 aromatic rings. The number of carbonyl (C=O) groups excluding carboxylic acids is 1.